The van der Waals surface area contributed by atoms with Crippen molar-refractivity contribution in [2.24, 2.45) is 0 Å². The number of nitrogens with two attached hydrogens (primary N) is 1. The molecule has 0 aliphatic rings. The van der Waals surface area contributed by atoms with Crippen molar-refractivity contribution in [1.29, 1.82) is 0 Å². The van der Waals surface area contributed by atoms with Crippen LogP contribution < -0.4 is 5.73 Å². The number of hydrogen-bond acceptors (Lipinski definition) is 3. The molecule has 3 N–H and O–H groups in total. The van der Waals surface area contributed by atoms with Crippen LogP contribution in [0.25, 0.3) is 21.9 Å². The molecule has 114 valence electrons. The number of anilines is 1. The molecule has 0 saturated carbocycles. The third-order valence-electron chi connectivity index (χ3n) is 4.43. The van der Waals surface area contributed by atoms with Gasteiger partial charge in [0.2, 0.25) is 0 Å². The van der Waals surface area contributed by atoms with Crippen molar-refractivity contribution in [3.8, 4) is 0 Å². The van der Waals surface area contributed by atoms with Gasteiger partial charge >= 0.3 is 0 Å². The van der Waals surface area contributed by atoms with Crippen LogP contribution in [-0.2, 0) is 0 Å². The Morgan fingerprint density at radius 1 is 0.913 bits per heavy atom. The summed E-state index contributed by atoms with van der Waals surface area (Å²) in [4.78, 5) is 0. The fraction of sp³-hybridized carbons (Fsp3) is 0.100. The predicted molar refractivity (Wildman–Crippen MR) is 93.4 cm³/mol. The smallest absolute Gasteiger partial charge is 0.135 e. The summed E-state index contributed by atoms with van der Waals surface area (Å²) in [7, 11) is 0. The first kappa shape index (κ1) is 13.9. The Morgan fingerprint density at radius 3 is 2.57 bits per heavy atom. The maximum Gasteiger partial charge on any atom is 0.135 e. The van der Waals surface area contributed by atoms with Crippen LogP contribution in [0.15, 0.2) is 65.1 Å². The summed E-state index contributed by atoms with van der Waals surface area (Å²) >= 11 is 0. The van der Waals surface area contributed by atoms with E-state index in [-0.39, 0.29) is 0 Å². The maximum atomic E-state index is 10.7. The van der Waals surface area contributed by atoms with Crippen molar-refractivity contribution < 1.29 is 9.52 Å². The molecule has 0 fully saturated rings. The van der Waals surface area contributed by atoms with E-state index in [9.17, 15) is 5.11 Å². The van der Waals surface area contributed by atoms with Gasteiger partial charge in [-0.05, 0) is 41.8 Å². The van der Waals surface area contributed by atoms with E-state index in [0.29, 0.717) is 5.69 Å². The minimum Gasteiger partial charge on any atom is -0.456 e. The molecule has 3 heteroatoms. The topological polar surface area (TPSA) is 59.4 Å². The van der Waals surface area contributed by atoms with Gasteiger partial charge in [0.1, 0.15) is 17.3 Å². The summed E-state index contributed by atoms with van der Waals surface area (Å²) in [5.41, 5.74) is 10.8. The number of nitrogen functional groups attached to an aromatic ring is 1. The molecule has 4 rings (SSSR count). The lowest BCUT2D eigenvalue weighted by Crippen LogP contribution is -2.04. The molecule has 0 unspecified atom stereocenters. The Hall–Kier alpha value is -2.78. The molecule has 0 aliphatic heterocycles. The van der Waals surface area contributed by atoms with E-state index in [1.165, 1.54) is 0 Å². The average Bonchev–Trinajstić information content (AvgIpc) is 2.94. The van der Waals surface area contributed by atoms with Crippen LogP contribution in [0.2, 0.25) is 0 Å². The van der Waals surface area contributed by atoms with Gasteiger partial charge in [-0.1, -0.05) is 42.5 Å². The van der Waals surface area contributed by atoms with Crippen molar-refractivity contribution >= 4 is 27.6 Å². The Labute approximate surface area is 134 Å². The summed E-state index contributed by atoms with van der Waals surface area (Å²) in [6.45, 7) is 1.92. The molecule has 0 radical (unpaired) electrons. The molecule has 3 nitrogen and oxygen atoms in total. The standard InChI is InChI=1S/C20H17NO2/c1-12-14(6-4-7-17(12)21)20(22)13-9-10-16-15-5-2-3-8-18(15)23-19(16)11-13/h2-11,20,22H,21H2,1H3/t20-/m0/s1. The first-order valence-electron chi connectivity index (χ1n) is 7.59. The van der Waals surface area contributed by atoms with Gasteiger partial charge in [-0.15, -0.1) is 0 Å². The number of furan rings is 1. The van der Waals surface area contributed by atoms with E-state index in [0.717, 1.165) is 38.6 Å². The maximum absolute atomic E-state index is 10.7. The lowest BCUT2D eigenvalue weighted by molar-refractivity contribution is 0.219. The molecule has 0 bridgehead atoms. The van der Waals surface area contributed by atoms with Gasteiger partial charge in [-0.25, -0.2) is 0 Å². The van der Waals surface area contributed by atoms with Crippen LogP contribution in [0.4, 0.5) is 5.69 Å². The fourth-order valence-electron chi connectivity index (χ4n) is 3.06. The summed E-state index contributed by atoms with van der Waals surface area (Å²) in [5, 5.41) is 12.9. The number of para-hydroxylation sites is 1. The van der Waals surface area contributed by atoms with Crippen LogP contribution >= 0.6 is 0 Å². The monoisotopic (exact) mass is 303 g/mol. The zero-order valence-corrected chi connectivity index (χ0v) is 12.8. The lowest BCUT2D eigenvalue weighted by Gasteiger charge is -2.15. The molecular formula is C20H17NO2. The minimum absolute atomic E-state index is 0.686. The second-order valence-corrected chi connectivity index (χ2v) is 5.82. The molecule has 23 heavy (non-hydrogen) atoms. The highest BCUT2D eigenvalue weighted by Gasteiger charge is 2.16. The lowest BCUT2D eigenvalue weighted by atomic mass is 9.96. The molecule has 0 amide bonds. The number of benzene rings is 3. The van der Waals surface area contributed by atoms with Crippen molar-refractivity contribution in [1.82, 2.24) is 0 Å². The third kappa shape index (κ3) is 2.17. The number of aliphatic hydroxyl groups is 1. The Bertz CT molecular complexity index is 1020. The second-order valence-electron chi connectivity index (χ2n) is 5.82. The van der Waals surface area contributed by atoms with E-state index in [4.69, 9.17) is 10.2 Å². The summed E-state index contributed by atoms with van der Waals surface area (Å²) in [5.74, 6) is 0. The van der Waals surface area contributed by atoms with E-state index in [2.05, 4.69) is 0 Å². The van der Waals surface area contributed by atoms with Gasteiger partial charge in [-0.2, -0.15) is 0 Å². The average molecular weight is 303 g/mol. The van der Waals surface area contributed by atoms with Crippen LogP contribution in [0.3, 0.4) is 0 Å². The predicted octanol–water partition coefficient (Wildman–Crippen LogP) is 4.56. The van der Waals surface area contributed by atoms with E-state index < -0.39 is 6.10 Å². The molecule has 0 spiro atoms. The van der Waals surface area contributed by atoms with Crippen molar-refractivity contribution in [2.75, 3.05) is 5.73 Å². The Kier molecular flexibility index (Phi) is 3.10. The van der Waals surface area contributed by atoms with E-state index in [1.807, 2.05) is 67.6 Å². The molecule has 0 aliphatic carbocycles. The van der Waals surface area contributed by atoms with Crippen molar-refractivity contribution in [2.45, 2.75) is 13.0 Å². The van der Waals surface area contributed by atoms with Crippen LogP contribution in [0.1, 0.15) is 22.8 Å². The number of fused-ring (bicyclic) bond motifs is 3. The number of aliphatic hydroxyl groups excluding tert-OH is 1. The number of rotatable bonds is 2. The highest BCUT2D eigenvalue weighted by molar-refractivity contribution is 6.04. The molecule has 1 aromatic heterocycles. The van der Waals surface area contributed by atoms with E-state index in [1.54, 1.807) is 0 Å². The highest BCUT2D eigenvalue weighted by atomic mass is 16.3. The first-order chi connectivity index (χ1) is 11.1. The fourth-order valence-corrected chi connectivity index (χ4v) is 3.06. The van der Waals surface area contributed by atoms with Crippen LogP contribution in [-0.4, -0.2) is 5.11 Å². The van der Waals surface area contributed by atoms with Gasteiger partial charge in [0, 0.05) is 16.5 Å². The highest BCUT2D eigenvalue weighted by Crippen LogP contribution is 2.33. The Morgan fingerprint density at radius 2 is 1.70 bits per heavy atom. The molecule has 3 aromatic carbocycles. The summed E-state index contributed by atoms with van der Waals surface area (Å²) in [6.07, 6.45) is -0.726. The van der Waals surface area contributed by atoms with Gasteiger partial charge in [0.05, 0.1) is 0 Å². The number of hydrogen-bond donors (Lipinski definition) is 2. The third-order valence-corrected chi connectivity index (χ3v) is 4.43. The van der Waals surface area contributed by atoms with Crippen LogP contribution in [0, 0.1) is 6.92 Å². The second kappa shape index (κ2) is 5.14. The zero-order chi connectivity index (χ0) is 16.0. The quantitative estimate of drug-likeness (QED) is 0.534. The molecule has 0 saturated heterocycles. The van der Waals surface area contributed by atoms with E-state index >= 15 is 0 Å². The van der Waals surface area contributed by atoms with Gasteiger partial charge in [0.25, 0.3) is 0 Å². The largest absolute Gasteiger partial charge is 0.456 e. The van der Waals surface area contributed by atoms with Gasteiger partial charge < -0.3 is 15.3 Å². The summed E-state index contributed by atoms with van der Waals surface area (Å²) in [6, 6.07) is 19.4. The SMILES string of the molecule is Cc1c(N)cccc1[C@@H](O)c1ccc2c(c1)oc1ccccc12. The van der Waals surface area contributed by atoms with Crippen molar-refractivity contribution in [3.05, 3.63) is 77.4 Å². The minimum atomic E-state index is -0.726. The molecule has 1 atom stereocenters. The molecule has 1 heterocycles. The molecule has 4 aromatic rings. The van der Waals surface area contributed by atoms with Crippen molar-refractivity contribution in [3.63, 3.8) is 0 Å². The Balaban J connectivity index is 1.85. The normalized spacial score (nSPS) is 12.8. The zero-order valence-electron chi connectivity index (χ0n) is 12.8. The van der Waals surface area contributed by atoms with Gasteiger partial charge in [0.15, 0.2) is 0 Å². The molecular weight excluding hydrogens is 286 g/mol. The first-order valence-corrected chi connectivity index (χ1v) is 7.59. The van der Waals surface area contributed by atoms with Gasteiger partial charge in [-0.3, -0.25) is 0 Å². The van der Waals surface area contributed by atoms with Crippen LogP contribution in [0.5, 0.6) is 0 Å². The summed E-state index contributed by atoms with van der Waals surface area (Å²) < 4.78 is 5.90.